The van der Waals surface area contributed by atoms with E-state index in [0.29, 0.717) is 17.5 Å². The minimum atomic E-state index is 0.486. The smallest absolute Gasteiger partial charge is 0.219 e. The summed E-state index contributed by atoms with van der Waals surface area (Å²) in [7, 11) is 0. The maximum absolute atomic E-state index is 5.54. The molecule has 0 saturated heterocycles. The van der Waals surface area contributed by atoms with Crippen LogP contribution in [-0.2, 0) is 0 Å². The molecule has 0 aliphatic rings. The molecule has 0 amide bonds. The van der Waals surface area contributed by atoms with Gasteiger partial charge in [-0.25, -0.2) is 4.98 Å². The van der Waals surface area contributed by atoms with E-state index in [1.54, 1.807) is 12.4 Å². The third-order valence-electron chi connectivity index (χ3n) is 2.28. The van der Waals surface area contributed by atoms with E-state index in [0.717, 1.165) is 0 Å². The quantitative estimate of drug-likeness (QED) is 0.785. The summed E-state index contributed by atoms with van der Waals surface area (Å²) < 4.78 is 5.54. The number of hydrogen-bond donors (Lipinski definition) is 0. The first kappa shape index (κ1) is 10.6. The lowest BCUT2D eigenvalue weighted by Gasteiger charge is -2.06. The van der Waals surface area contributed by atoms with Gasteiger partial charge in [0.1, 0.15) is 5.75 Å². The lowest BCUT2D eigenvalue weighted by atomic mass is 10.1. The van der Waals surface area contributed by atoms with Gasteiger partial charge < -0.3 is 4.74 Å². The van der Waals surface area contributed by atoms with Crippen molar-refractivity contribution >= 4 is 0 Å². The van der Waals surface area contributed by atoms with Gasteiger partial charge in [0.2, 0.25) is 5.88 Å². The molecule has 3 heteroatoms. The number of rotatable bonds is 3. The summed E-state index contributed by atoms with van der Waals surface area (Å²) >= 11 is 0. The average molecular weight is 214 g/mol. The molecule has 0 aliphatic heterocycles. The molecule has 0 N–H and O–H groups in total. The molecule has 0 spiro atoms. The third-order valence-corrected chi connectivity index (χ3v) is 2.28. The van der Waals surface area contributed by atoms with Gasteiger partial charge in [0.05, 0.1) is 6.20 Å². The molecular formula is C13H14N2O. The Morgan fingerprint density at radius 1 is 1.12 bits per heavy atom. The molecule has 2 aromatic rings. The fourth-order valence-corrected chi connectivity index (χ4v) is 1.32. The Kier molecular flexibility index (Phi) is 3.15. The van der Waals surface area contributed by atoms with Crippen LogP contribution < -0.4 is 4.74 Å². The van der Waals surface area contributed by atoms with Crippen LogP contribution in [0.1, 0.15) is 25.3 Å². The van der Waals surface area contributed by atoms with E-state index in [1.807, 2.05) is 30.5 Å². The molecule has 2 heterocycles. The minimum Gasteiger partial charge on any atom is -0.437 e. The van der Waals surface area contributed by atoms with Gasteiger partial charge in [0.25, 0.3) is 0 Å². The second-order valence-corrected chi connectivity index (χ2v) is 3.88. The predicted molar refractivity (Wildman–Crippen MR) is 62.6 cm³/mol. The highest BCUT2D eigenvalue weighted by atomic mass is 16.5. The first-order valence-corrected chi connectivity index (χ1v) is 5.29. The van der Waals surface area contributed by atoms with Gasteiger partial charge in [-0.1, -0.05) is 19.9 Å². The molecule has 3 nitrogen and oxygen atoms in total. The Labute approximate surface area is 95.1 Å². The van der Waals surface area contributed by atoms with E-state index in [4.69, 9.17) is 4.74 Å². The Morgan fingerprint density at radius 3 is 2.56 bits per heavy atom. The van der Waals surface area contributed by atoms with Crippen LogP contribution in [0.15, 0.2) is 42.9 Å². The van der Waals surface area contributed by atoms with Crippen LogP contribution in [0.2, 0.25) is 0 Å². The summed E-state index contributed by atoms with van der Waals surface area (Å²) in [5.41, 5.74) is 1.21. The summed E-state index contributed by atoms with van der Waals surface area (Å²) in [6.45, 7) is 4.28. The molecule has 0 radical (unpaired) electrons. The molecule has 0 unspecified atom stereocenters. The average Bonchev–Trinajstić information content (AvgIpc) is 2.31. The van der Waals surface area contributed by atoms with Crippen LogP contribution in [-0.4, -0.2) is 9.97 Å². The second kappa shape index (κ2) is 4.75. The van der Waals surface area contributed by atoms with E-state index < -0.39 is 0 Å². The molecule has 0 aliphatic carbocycles. The number of aromatic nitrogens is 2. The fourth-order valence-electron chi connectivity index (χ4n) is 1.32. The molecule has 2 aromatic heterocycles. The molecule has 0 aromatic carbocycles. The van der Waals surface area contributed by atoms with Crippen molar-refractivity contribution in [2.75, 3.05) is 0 Å². The highest BCUT2D eigenvalue weighted by molar-refractivity contribution is 5.25. The molecule has 0 fully saturated rings. The van der Waals surface area contributed by atoms with Gasteiger partial charge in [-0.05, 0) is 23.6 Å². The van der Waals surface area contributed by atoms with Gasteiger partial charge in [0.15, 0.2) is 0 Å². The predicted octanol–water partition coefficient (Wildman–Crippen LogP) is 3.39. The van der Waals surface area contributed by atoms with E-state index in [2.05, 4.69) is 23.8 Å². The lowest BCUT2D eigenvalue weighted by molar-refractivity contribution is 0.460. The van der Waals surface area contributed by atoms with Crippen LogP contribution in [0.25, 0.3) is 0 Å². The molecule has 2 rings (SSSR count). The Hall–Kier alpha value is -1.90. The van der Waals surface area contributed by atoms with Crippen molar-refractivity contribution in [1.82, 2.24) is 9.97 Å². The maximum atomic E-state index is 5.54. The third kappa shape index (κ3) is 2.57. The van der Waals surface area contributed by atoms with Crippen molar-refractivity contribution < 1.29 is 4.74 Å². The van der Waals surface area contributed by atoms with Crippen molar-refractivity contribution in [3.63, 3.8) is 0 Å². The lowest BCUT2D eigenvalue weighted by Crippen LogP contribution is -1.91. The molecule has 16 heavy (non-hydrogen) atoms. The first-order chi connectivity index (χ1) is 7.75. The van der Waals surface area contributed by atoms with Crippen LogP contribution in [0.4, 0.5) is 0 Å². The van der Waals surface area contributed by atoms with E-state index in [9.17, 15) is 0 Å². The summed E-state index contributed by atoms with van der Waals surface area (Å²) in [5, 5.41) is 0. The van der Waals surface area contributed by atoms with Gasteiger partial charge in [-0.15, -0.1) is 0 Å². The van der Waals surface area contributed by atoms with Crippen molar-refractivity contribution in [2.45, 2.75) is 19.8 Å². The summed E-state index contributed by atoms with van der Waals surface area (Å²) in [6.07, 6.45) is 5.22. The Bertz CT molecular complexity index is 437. The summed E-state index contributed by atoms with van der Waals surface area (Å²) in [6, 6.07) is 7.59. The van der Waals surface area contributed by atoms with Gasteiger partial charge >= 0.3 is 0 Å². The number of pyridine rings is 2. The van der Waals surface area contributed by atoms with Crippen LogP contribution >= 0.6 is 0 Å². The Balaban J connectivity index is 2.11. The minimum absolute atomic E-state index is 0.486. The molecule has 82 valence electrons. The first-order valence-electron chi connectivity index (χ1n) is 5.29. The van der Waals surface area contributed by atoms with Gasteiger partial charge in [-0.3, -0.25) is 4.98 Å². The molecular weight excluding hydrogens is 200 g/mol. The number of ether oxygens (including phenoxy) is 1. The topological polar surface area (TPSA) is 35.0 Å². The highest BCUT2D eigenvalue weighted by Gasteiger charge is 2.01. The van der Waals surface area contributed by atoms with Crippen LogP contribution in [0, 0.1) is 0 Å². The van der Waals surface area contributed by atoms with Crippen LogP contribution in [0.3, 0.4) is 0 Å². The maximum Gasteiger partial charge on any atom is 0.219 e. The summed E-state index contributed by atoms with van der Waals surface area (Å²) in [5.74, 6) is 1.78. The fraction of sp³-hybridized carbons (Fsp3) is 0.231. The highest BCUT2D eigenvalue weighted by Crippen LogP contribution is 2.20. The Morgan fingerprint density at radius 2 is 2.00 bits per heavy atom. The zero-order valence-electron chi connectivity index (χ0n) is 9.42. The van der Waals surface area contributed by atoms with E-state index in [-0.39, 0.29) is 0 Å². The summed E-state index contributed by atoms with van der Waals surface area (Å²) in [4.78, 5) is 8.22. The number of nitrogens with zero attached hydrogens (tertiary/aromatic N) is 2. The van der Waals surface area contributed by atoms with Crippen molar-refractivity contribution in [1.29, 1.82) is 0 Å². The van der Waals surface area contributed by atoms with Crippen LogP contribution in [0.5, 0.6) is 11.6 Å². The zero-order valence-corrected chi connectivity index (χ0v) is 9.42. The monoisotopic (exact) mass is 214 g/mol. The van der Waals surface area contributed by atoms with Gasteiger partial charge in [-0.2, -0.15) is 0 Å². The molecule has 0 saturated carbocycles. The zero-order chi connectivity index (χ0) is 11.4. The standard InChI is InChI=1S/C13H14N2O/c1-10(2)11-5-6-13(15-8-11)16-12-4-3-7-14-9-12/h3-10H,1-2H3. The molecule has 0 atom stereocenters. The van der Waals surface area contributed by atoms with E-state index in [1.165, 1.54) is 5.56 Å². The normalized spacial score (nSPS) is 10.4. The van der Waals surface area contributed by atoms with Crippen molar-refractivity contribution in [3.05, 3.63) is 48.4 Å². The molecule has 0 bridgehead atoms. The van der Waals surface area contributed by atoms with E-state index >= 15 is 0 Å². The second-order valence-electron chi connectivity index (χ2n) is 3.88. The van der Waals surface area contributed by atoms with Crippen molar-refractivity contribution in [3.8, 4) is 11.6 Å². The van der Waals surface area contributed by atoms with Crippen molar-refractivity contribution in [2.24, 2.45) is 0 Å². The largest absolute Gasteiger partial charge is 0.437 e. The number of hydrogen-bond acceptors (Lipinski definition) is 3. The SMILES string of the molecule is CC(C)c1ccc(Oc2cccnc2)nc1. The van der Waals surface area contributed by atoms with Gasteiger partial charge in [0, 0.05) is 18.5 Å².